The van der Waals surface area contributed by atoms with Crippen molar-refractivity contribution in [2.24, 2.45) is 11.1 Å². The summed E-state index contributed by atoms with van der Waals surface area (Å²) in [6, 6.07) is 15.2. The smallest absolute Gasteiger partial charge is 0.0781 e. The topological polar surface area (TPSA) is 46.2 Å². The van der Waals surface area contributed by atoms with Crippen LogP contribution in [-0.2, 0) is 0 Å². The Morgan fingerprint density at radius 3 is 2.17 bits per heavy atom. The molecule has 0 bridgehead atoms. The predicted octanol–water partition coefficient (Wildman–Crippen LogP) is 5.32. The molecule has 0 heterocycles. The molecule has 0 amide bonds. The number of aliphatic hydroxyl groups excluding tert-OH is 1. The quantitative estimate of drug-likeness (QED) is 0.764. The van der Waals surface area contributed by atoms with Crippen LogP contribution in [0.2, 0.25) is 5.02 Å². The first kappa shape index (κ1) is 20.3. The summed E-state index contributed by atoms with van der Waals surface area (Å²) in [6.45, 7) is 5.98. The van der Waals surface area contributed by atoms with Crippen molar-refractivity contribution >= 4 is 35.8 Å². The van der Waals surface area contributed by atoms with Crippen LogP contribution in [0.5, 0.6) is 0 Å². The zero-order valence-corrected chi connectivity index (χ0v) is 15.9. The van der Waals surface area contributed by atoms with E-state index in [4.69, 9.17) is 17.3 Å². The normalized spacial score (nSPS) is 14.0. The first-order chi connectivity index (χ1) is 10.3. The summed E-state index contributed by atoms with van der Waals surface area (Å²) in [5.41, 5.74) is 7.02. The summed E-state index contributed by atoms with van der Waals surface area (Å²) in [5.74, 6) is 0. The van der Waals surface area contributed by atoms with Crippen molar-refractivity contribution in [3.8, 4) is 0 Å². The van der Waals surface area contributed by atoms with Gasteiger partial charge in [-0.05, 0) is 41.3 Å². The summed E-state index contributed by atoms with van der Waals surface area (Å²) in [6.07, 6.45) is -0.612. The van der Waals surface area contributed by atoms with Gasteiger partial charge in [-0.3, -0.25) is 0 Å². The largest absolute Gasteiger partial charge is 0.391 e. The van der Waals surface area contributed by atoms with Gasteiger partial charge in [-0.25, -0.2) is 0 Å². The van der Waals surface area contributed by atoms with E-state index in [0.717, 1.165) is 20.4 Å². The highest BCUT2D eigenvalue weighted by Gasteiger charge is 2.30. The second kappa shape index (κ2) is 8.41. The van der Waals surface area contributed by atoms with Crippen molar-refractivity contribution in [3.63, 3.8) is 0 Å². The molecule has 0 radical (unpaired) electrons. The average molecular weight is 372 g/mol. The molecule has 0 aromatic heterocycles. The molecule has 126 valence electrons. The van der Waals surface area contributed by atoms with Crippen LogP contribution in [0, 0.1) is 5.41 Å². The Morgan fingerprint density at radius 2 is 1.61 bits per heavy atom. The Morgan fingerprint density at radius 1 is 1.04 bits per heavy atom. The molecular formula is C18H23Cl2NOS. The van der Waals surface area contributed by atoms with Crippen LogP contribution in [0.25, 0.3) is 0 Å². The number of hydrogen-bond donors (Lipinski definition) is 2. The molecule has 0 aliphatic rings. The van der Waals surface area contributed by atoms with Crippen LogP contribution in [-0.4, -0.2) is 11.2 Å². The van der Waals surface area contributed by atoms with E-state index in [1.165, 1.54) is 0 Å². The molecule has 23 heavy (non-hydrogen) atoms. The minimum absolute atomic E-state index is 0. The van der Waals surface area contributed by atoms with E-state index in [1.807, 2.05) is 69.3 Å². The van der Waals surface area contributed by atoms with E-state index < -0.39 is 12.1 Å². The number of halogens is 2. The minimum Gasteiger partial charge on any atom is -0.391 e. The van der Waals surface area contributed by atoms with Crippen LogP contribution in [0.1, 0.15) is 32.4 Å². The van der Waals surface area contributed by atoms with Gasteiger partial charge in [0, 0.05) is 14.8 Å². The average Bonchev–Trinajstić information content (AvgIpc) is 2.48. The molecule has 0 aliphatic carbocycles. The highest BCUT2D eigenvalue weighted by Crippen LogP contribution is 2.36. The van der Waals surface area contributed by atoms with Gasteiger partial charge in [0.05, 0.1) is 12.1 Å². The van der Waals surface area contributed by atoms with Crippen molar-refractivity contribution < 1.29 is 5.11 Å². The zero-order valence-electron chi connectivity index (χ0n) is 13.5. The second-order valence-corrected chi connectivity index (χ2v) is 7.98. The lowest BCUT2D eigenvalue weighted by Crippen LogP contribution is -2.37. The van der Waals surface area contributed by atoms with E-state index in [9.17, 15) is 5.11 Å². The number of rotatable bonds is 4. The van der Waals surface area contributed by atoms with Gasteiger partial charge < -0.3 is 10.8 Å². The monoisotopic (exact) mass is 371 g/mol. The number of aliphatic hydroxyl groups is 1. The standard InChI is InChI=1S/C18H22ClNOS.ClH/c1-18(2,3)17(21)16(20)14-6-4-5-7-15(14)22-13-10-8-12(19)9-11-13;/h4-11,16-17,21H,20H2,1-3H3;1H/t16-,17-;/m0./s1. The lowest BCUT2D eigenvalue weighted by molar-refractivity contribution is 0.0394. The molecular weight excluding hydrogens is 349 g/mol. The number of nitrogens with two attached hydrogens (primary N) is 1. The van der Waals surface area contributed by atoms with Crippen LogP contribution in [0.15, 0.2) is 58.3 Å². The van der Waals surface area contributed by atoms with Crippen molar-refractivity contribution in [1.29, 1.82) is 0 Å². The van der Waals surface area contributed by atoms with Crippen molar-refractivity contribution in [2.75, 3.05) is 0 Å². The molecule has 0 saturated carbocycles. The molecule has 2 aromatic carbocycles. The molecule has 3 N–H and O–H groups in total. The molecule has 0 aliphatic heterocycles. The van der Waals surface area contributed by atoms with Crippen LogP contribution in [0.4, 0.5) is 0 Å². The first-order valence-electron chi connectivity index (χ1n) is 7.25. The fourth-order valence-corrected chi connectivity index (χ4v) is 3.31. The SMILES string of the molecule is CC(C)(C)[C@@H](O)[C@@H](N)c1ccccc1Sc1ccc(Cl)cc1.Cl. The molecule has 0 spiro atoms. The van der Waals surface area contributed by atoms with E-state index in [0.29, 0.717) is 0 Å². The van der Waals surface area contributed by atoms with E-state index in [2.05, 4.69) is 0 Å². The summed E-state index contributed by atoms with van der Waals surface area (Å²) in [4.78, 5) is 2.15. The Balaban J connectivity index is 0.00000264. The molecule has 2 atom stereocenters. The molecule has 5 heteroatoms. The van der Waals surface area contributed by atoms with Gasteiger partial charge in [-0.15, -0.1) is 12.4 Å². The second-order valence-electron chi connectivity index (χ2n) is 6.43. The Hall–Kier alpha value is -0.710. The summed E-state index contributed by atoms with van der Waals surface area (Å²) < 4.78 is 0. The third-order valence-electron chi connectivity index (χ3n) is 3.55. The third-order valence-corrected chi connectivity index (χ3v) is 4.90. The molecule has 0 unspecified atom stereocenters. The minimum atomic E-state index is -0.612. The lowest BCUT2D eigenvalue weighted by Gasteiger charge is -2.31. The van der Waals surface area contributed by atoms with Gasteiger partial charge in [0.1, 0.15) is 0 Å². The fourth-order valence-electron chi connectivity index (χ4n) is 2.19. The molecule has 2 rings (SSSR count). The first-order valence-corrected chi connectivity index (χ1v) is 8.44. The van der Waals surface area contributed by atoms with Crippen molar-refractivity contribution in [3.05, 3.63) is 59.1 Å². The van der Waals surface area contributed by atoms with Gasteiger partial charge in [-0.2, -0.15) is 0 Å². The van der Waals surface area contributed by atoms with Gasteiger partial charge in [-0.1, -0.05) is 62.3 Å². The lowest BCUT2D eigenvalue weighted by atomic mass is 9.82. The fraction of sp³-hybridized carbons (Fsp3) is 0.333. The van der Waals surface area contributed by atoms with Gasteiger partial charge in [0.2, 0.25) is 0 Å². The Labute approximate surface area is 153 Å². The van der Waals surface area contributed by atoms with E-state index in [1.54, 1.807) is 11.8 Å². The zero-order chi connectivity index (χ0) is 16.3. The molecule has 2 aromatic rings. The molecule has 0 fully saturated rings. The molecule has 2 nitrogen and oxygen atoms in total. The Bertz CT molecular complexity index is 626. The van der Waals surface area contributed by atoms with Crippen LogP contribution < -0.4 is 5.73 Å². The van der Waals surface area contributed by atoms with Crippen LogP contribution in [0.3, 0.4) is 0 Å². The van der Waals surface area contributed by atoms with Crippen LogP contribution >= 0.6 is 35.8 Å². The maximum absolute atomic E-state index is 10.5. The van der Waals surface area contributed by atoms with Gasteiger partial charge in [0.15, 0.2) is 0 Å². The molecule has 0 saturated heterocycles. The number of benzene rings is 2. The summed E-state index contributed by atoms with van der Waals surface area (Å²) in [5, 5.41) is 11.2. The maximum atomic E-state index is 10.5. The highest BCUT2D eigenvalue weighted by atomic mass is 35.5. The summed E-state index contributed by atoms with van der Waals surface area (Å²) in [7, 11) is 0. The summed E-state index contributed by atoms with van der Waals surface area (Å²) >= 11 is 7.56. The predicted molar refractivity (Wildman–Crippen MR) is 102 cm³/mol. The van der Waals surface area contributed by atoms with Crippen molar-refractivity contribution in [2.45, 2.75) is 42.7 Å². The number of hydrogen-bond acceptors (Lipinski definition) is 3. The van der Waals surface area contributed by atoms with Gasteiger partial charge >= 0.3 is 0 Å². The third kappa shape index (κ3) is 5.40. The van der Waals surface area contributed by atoms with Crippen molar-refractivity contribution in [1.82, 2.24) is 0 Å². The van der Waals surface area contributed by atoms with E-state index in [-0.39, 0.29) is 17.8 Å². The van der Waals surface area contributed by atoms with E-state index >= 15 is 0 Å². The van der Waals surface area contributed by atoms with Gasteiger partial charge in [0.25, 0.3) is 0 Å². The Kier molecular flexibility index (Phi) is 7.43. The highest BCUT2D eigenvalue weighted by molar-refractivity contribution is 7.99. The maximum Gasteiger partial charge on any atom is 0.0781 e.